The molecule has 0 aliphatic rings. The average molecular weight is 516 g/mol. The molecule has 2 nitrogen and oxygen atoms in total. The van der Waals surface area contributed by atoms with Crippen molar-refractivity contribution in [2.24, 2.45) is 0 Å². The third-order valence-electron chi connectivity index (χ3n) is 6.50. The summed E-state index contributed by atoms with van der Waals surface area (Å²) in [6.07, 6.45) is 14.6. The maximum atomic E-state index is 10.0. The monoisotopic (exact) mass is 514 g/mol. The largest absolute Gasteiger partial charge is 0.417 e. The van der Waals surface area contributed by atoms with E-state index in [-0.39, 0.29) is 9.87 Å². The molecule has 0 aliphatic carbocycles. The minimum atomic E-state index is -1.61. The lowest BCUT2D eigenvalue weighted by atomic mass is 9.98. The summed E-state index contributed by atoms with van der Waals surface area (Å²) in [7, 11) is -1.61. The molecule has 1 N–H and O–H groups in total. The lowest BCUT2D eigenvalue weighted by molar-refractivity contribution is 0.0774. The summed E-state index contributed by atoms with van der Waals surface area (Å²) >= 11 is 3.60. The van der Waals surface area contributed by atoms with Gasteiger partial charge in [0.05, 0.1) is 5.60 Å². The second kappa shape index (κ2) is 14.2. The Morgan fingerprint density at radius 2 is 1.26 bits per heavy atom. The molecule has 31 heavy (non-hydrogen) atoms. The number of halogens is 1. The van der Waals surface area contributed by atoms with Crippen LogP contribution in [0.25, 0.3) is 0 Å². The summed E-state index contributed by atoms with van der Waals surface area (Å²) in [4.78, 5) is 0.139. The molecule has 0 spiro atoms. The molecule has 0 aliphatic heterocycles. The Labute approximate surface area is 203 Å². The van der Waals surface area contributed by atoms with E-state index in [9.17, 15) is 5.11 Å². The molecular formula is C27H51BrO2Si. The minimum Gasteiger partial charge on any atom is -0.417 e. The highest BCUT2D eigenvalue weighted by Crippen LogP contribution is 2.36. The molecule has 0 rings (SSSR count). The van der Waals surface area contributed by atoms with Gasteiger partial charge in [-0.3, -0.25) is 0 Å². The Morgan fingerprint density at radius 3 is 1.68 bits per heavy atom. The van der Waals surface area contributed by atoms with Crippen LogP contribution in [-0.2, 0) is 4.43 Å². The van der Waals surface area contributed by atoms with Gasteiger partial charge in [0.2, 0.25) is 0 Å². The van der Waals surface area contributed by atoms with Crippen LogP contribution in [0.3, 0.4) is 0 Å². The first-order chi connectivity index (χ1) is 14.1. The summed E-state index contributed by atoms with van der Waals surface area (Å²) < 4.78 is 6.26. The zero-order valence-corrected chi connectivity index (χ0v) is 24.8. The fourth-order valence-corrected chi connectivity index (χ4v) is 4.23. The normalized spacial score (nSPS) is 16.1. The fraction of sp³-hybridized carbons (Fsp3) is 0.778. The quantitative estimate of drug-likeness (QED) is 0.108. The minimum absolute atomic E-state index is 0.139. The number of hydrogen-bond acceptors (Lipinski definition) is 2. The van der Waals surface area contributed by atoms with Gasteiger partial charge in [-0.2, -0.15) is 0 Å². The van der Waals surface area contributed by atoms with E-state index in [1.54, 1.807) is 0 Å². The molecule has 0 aromatic carbocycles. The van der Waals surface area contributed by atoms with Crippen molar-refractivity contribution in [1.29, 1.82) is 0 Å². The first kappa shape index (κ1) is 30.8. The highest BCUT2D eigenvalue weighted by Gasteiger charge is 2.36. The molecule has 0 aromatic heterocycles. The third kappa shape index (κ3) is 14.6. The van der Waals surface area contributed by atoms with Crippen molar-refractivity contribution in [3.8, 4) is 0 Å². The Morgan fingerprint density at radius 1 is 0.839 bits per heavy atom. The molecule has 1 atom stereocenters. The zero-order valence-electron chi connectivity index (χ0n) is 22.2. The molecule has 182 valence electrons. The highest BCUT2D eigenvalue weighted by atomic mass is 79.9. The first-order valence-corrected chi connectivity index (χ1v) is 15.9. The van der Waals surface area contributed by atoms with Gasteiger partial charge in [-0.15, -0.1) is 0 Å². The molecule has 0 fully saturated rings. The van der Waals surface area contributed by atoms with Crippen LogP contribution in [0.2, 0.25) is 18.1 Å². The third-order valence-corrected chi connectivity index (χ3v) is 12.6. The summed E-state index contributed by atoms with van der Waals surface area (Å²) in [6.45, 7) is 22.8. The highest BCUT2D eigenvalue weighted by molar-refractivity contribution is 9.09. The molecule has 0 amide bonds. The van der Waals surface area contributed by atoms with E-state index in [0.29, 0.717) is 0 Å². The SMILES string of the molecule is C/C(=C\CCO[Si](C)(C)C(C)(C)C)CC/C=C(\C)CC/C=C(\C)CCC(Br)C(C)(C)O. The molecular weight excluding hydrogens is 464 g/mol. The Kier molecular flexibility index (Phi) is 14.1. The van der Waals surface area contributed by atoms with Crippen LogP contribution in [0, 0.1) is 0 Å². The standard InChI is InChI=1S/C27H51BrO2Si/c1-22(15-12-17-24(3)19-20-25(28)27(7,8)29)14-11-16-23(2)18-13-21-30-31(9,10)26(4,5)6/h14,17-18,25,29H,11-13,15-16,19-21H2,1-10H3/b22-14+,23-18+,24-17+. The summed E-state index contributed by atoms with van der Waals surface area (Å²) in [5.41, 5.74) is 3.70. The lowest BCUT2D eigenvalue weighted by Crippen LogP contribution is -2.40. The van der Waals surface area contributed by atoms with Crippen LogP contribution >= 0.6 is 15.9 Å². The number of alkyl halides is 1. The van der Waals surface area contributed by atoms with E-state index in [2.05, 4.69) is 88.8 Å². The van der Waals surface area contributed by atoms with Gasteiger partial charge in [0.1, 0.15) is 0 Å². The van der Waals surface area contributed by atoms with E-state index in [0.717, 1.165) is 51.6 Å². The predicted octanol–water partition coefficient (Wildman–Crippen LogP) is 9.11. The molecule has 4 heteroatoms. The van der Waals surface area contributed by atoms with E-state index >= 15 is 0 Å². The van der Waals surface area contributed by atoms with Crippen molar-refractivity contribution < 1.29 is 9.53 Å². The maximum absolute atomic E-state index is 10.0. The second-order valence-electron chi connectivity index (χ2n) is 11.3. The van der Waals surface area contributed by atoms with Gasteiger partial charge in [-0.25, -0.2) is 0 Å². The van der Waals surface area contributed by atoms with Crippen LogP contribution < -0.4 is 0 Å². The molecule has 0 heterocycles. The summed E-state index contributed by atoms with van der Waals surface area (Å²) in [5.74, 6) is 0. The Balaban J connectivity index is 4.17. The van der Waals surface area contributed by atoms with Crippen molar-refractivity contribution in [2.45, 2.75) is 129 Å². The number of aliphatic hydroxyl groups is 1. The Hall–Kier alpha value is -0.163. The van der Waals surface area contributed by atoms with Gasteiger partial charge in [-0.1, -0.05) is 71.6 Å². The van der Waals surface area contributed by atoms with Crippen molar-refractivity contribution >= 4 is 24.2 Å². The smallest absolute Gasteiger partial charge is 0.191 e. The average Bonchev–Trinajstić information content (AvgIpc) is 2.61. The number of hydrogen-bond donors (Lipinski definition) is 1. The van der Waals surface area contributed by atoms with Crippen molar-refractivity contribution in [2.75, 3.05) is 6.61 Å². The first-order valence-electron chi connectivity index (χ1n) is 12.0. The molecule has 0 aromatic rings. The molecule has 0 saturated carbocycles. The molecule has 1 unspecified atom stereocenters. The van der Waals surface area contributed by atoms with Gasteiger partial charge >= 0.3 is 0 Å². The van der Waals surface area contributed by atoms with Gasteiger partial charge in [0, 0.05) is 11.4 Å². The van der Waals surface area contributed by atoms with Crippen molar-refractivity contribution in [3.63, 3.8) is 0 Å². The maximum Gasteiger partial charge on any atom is 0.191 e. The van der Waals surface area contributed by atoms with E-state index < -0.39 is 13.9 Å². The van der Waals surface area contributed by atoms with Gasteiger partial charge in [0.25, 0.3) is 0 Å². The summed E-state index contributed by atoms with van der Waals surface area (Å²) in [6, 6.07) is 0. The lowest BCUT2D eigenvalue weighted by Gasteiger charge is -2.36. The van der Waals surface area contributed by atoms with E-state index in [4.69, 9.17) is 4.43 Å². The molecule has 0 radical (unpaired) electrons. The van der Waals surface area contributed by atoms with Crippen LogP contribution in [0.1, 0.15) is 100 Å². The van der Waals surface area contributed by atoms with Crippen molar-refractivity contribution in [3.05, 3.63) is 34.9 Å². The fourth-order valence-electron chi connectivity index (χ4n) is 2.94. The molecule has 0 saturated heterocycles. The van der Waals surface area contributed by atoms with Crippen molar-refractivity contribution in [1.82, 2.24) is 0 Å². The number of rotatable bonds is 14. The topological polar surface area (TPSA) is 29.5 Å². The van der Waals surface area contributed by atoms with Crippen LogP contribution in [-0.4, -0.2) is 30.5 Å². The predicted molar refractivity (Wildman–Crippen MR) is 146 cm³/mol. The summed E-state index contributed by atoms with van der Waals surface area (Å²) in [5, 5.41) is 10.3. The Bertz CT molecular complexity index is 604. The van der Waals surface area contributed by atoms with E-state index in [1.165, 1.54) is 16.7 Å². The van der Waals surface area contributed by atoms with Crippen LogP contribution in [0.4, 0.5) is 0 Å². The van der Waals surface area contributed by atoms with E-state index in [1.807, 2.05) is 13.8 Å². The molecule has 0 bridgehead atoms. The second-order valence-corrected chi connectivity index (χ2v) is 17.2. The van der Waals surface area contributed by atoms with Gasteiger partial charge in [0.15, 0.2) is 8.32 Å². The van der Waals surface area contributed by atoms with Crippen LogP contribution in [0.15, 0.2) is 34.9 Å². The number of allylic oxidation sites excluding steroid dienone is 5. The zero-order chi connectivity index (χ0) is 24.3. The van der Waals surface area contributed by atoms with Gasteiger partial charge in [-0.05, 0) is 97.7 Å². The van der Waals surface area contributed by atoms with Crippen LogP contribution in [0.5, 0.6) is 0 Å². The van der Waals surface area contributed by atoms with Gasteiger partial charge < -0.3 is 9.53 Å².